The minimum absolute atomic E-state index is 0.129. The van der Waals surface area contributed by atoms with E-state index < -0.39 is 0 Å². The number of nitro benzene ring substituents is 1. The summed E-state index contributed by atoms with van der Waals surface area (Å²) in [4.78, 5) is 10.5. The van der Waals surface area contributed by atoms with E-state index in [1.807, 2.05) is 6.08 Å². The average molecular weight is 276 g/mol. The molecule has 0 fully saturated rings. The fourth-order valence-electron chi connectivity index (χ4n) is 1.74. The second-order valence-corrected chi connectivity index (χ2v) is 5.84. The first kappa shape index (κ1) is 16.2. The molecule has 4 nitrogen and oxygen atoms in total. The molecule has 1 aromatic rings. The molecular formula is C16H24N2O2. The molecule has 110 valence electrons. The summed E-state index contributed by atoms with van der Waals surface area (Å²) in [5.74, 6) is 1.11. The summed E-state index contributed by atoms with van der Waals surface area (Å²) in [7, 11) is 0. The summed E-state index contributed by atoms with van der Waals surface area (Å²) < 4.78 is 0. The van der Waals surface area contributed by atoms with Crippen molar-refractivity contribution >= 4 is 17.5 Å². The first-order valence-electron chi connectivity index (χ1n) is 7.09. The lowest BCUT2D eigenvalue weighted by molar-refractivity contribution is -0.384. The van der Waals surface area contributed by atoms with Gasteiger partial charge >= 0.3 is 0 Å². The molecule has 0 amide bonds. The summed E-state index contributed by atoms with van der Waals surface area (Å²) in [5, 5.41) is 14.2. The second kappa shape index (κ2) is 7.68. The van der Waals surface area contributed by atoms with Crippen molar-refractivity contribution in [3.05, 3.63) is 40.0 Å². The molecular weight excluding hydrogens is 252 g/mol. The lowest BCUT2D eigenvalue weighted by atomic mass is 10.1. The molecule has 0 saturated carbocycles. The molecule has 0 atom stereocenters. The molecule has 4 heteroatoms. The van der Waals surface area contributed by atoms with Crippen LogP contribution in [0.5, 0.6) is 0 Å². The minimum Gasteiger partial charge on any atom is -0.384 e. The van der Waals surface area contributed by atoms with E-state index in [1.165, 1.54) is 0 Å². The van der Waals surface area contributed by atoms with E-state index in [9.17, 15) is 10.1 Å². The Bertz CT molecular complexity index is 479. The second-order valence-electron chi connectivity index (χ2n) is 5.84. The van der Waals surface area contributed by atoms with E-state index in [1.54, 1.807) is 18.2 Å². The monoisotopic (exact) mass is 276 g/mol. The minimum atomic E-state index is -0.355. The van der Waals surface area contributed by atoms with Crippen molar-refractivity contribution in [1.82, 2.24) is 0 Å². The van der Waals surface area contributed by atoms with Gasteiger partial charge in [-0.25, -0.2) is 0 Å². The highest BCUT2D eigenvalue weighted by Gasteiger charge is 2.09. The maximum atomic E-state index is 10.9. The molecule has 0 unspecified atom stereocenters. The maximum absolute atomic E-state index is 10.9. The number of nitrogens with zero attached hydrogens (tertiary/aromatic N) is 1. The van der Waals surface area contributed by atoms with Crippen LogP contribution in [0.25, 0.3) is 6.08 Å². The van der Waals surface area contributed by atoms with Crippen LogP contribution in [0.4, 0.5) is 11.4 Å². The Balaban J connectivity index is 2.96. The Morgan fingerprint density at radius 2 is 1.95 bits per heavy atom. The van der Waals surface area contributed by atoms with Crippen LogP contribution in [0.3, 0.4) is 0 Å². The first-order valence-corrected chi connectivity index (χ1v) is 7.09. The number of allylic oxidation sites excluding steroid dienone is 1. The van der Waals surface area contributed by atoms with E-state index in [2.05, 4.69) is 39.1 Å². The van der Waals surface area contributed by atoms with Crippen molar-refractivity contribution < 1.29 is 4.92 Å². The van der Waals surface area contributed by atoms with Gasteiger partial charge < -0.3 is 5.32 Å². The summed E-state index contributed by atoms with van der Waals surface area (Å²) in [6.07, 6.45) is 5.01. The average Bonchev–Trinajstić information content (AvgIpc) is 2.36. The topological polar surface area (TPSA) is 55.2 Å². The van der Waals surface area contributed by atoms with Crippen LogP contribution in [0, 0.1) is 22.0 Å². The van der Waals surface area contributed by atoms with Crippen molar-refractivity contribution in [2.75, 3.05) is 11.9 Å². The van der Waals surface area contributed by atoms with E-state index in [0.29, 0.717) is 11.8 Å². The summed E-state index contributed by atoms with van der Waals surface area (Å²) in [6.45, 7) is 9.41. The number of hydrogen-bond donors (Lipinski definition) is 1. The van der Waals surface area contributed by atoms with Gasteiger partial charge in [-0.15, -0.1) is 0 Å². The van der Waals surface area contributed by atoms with Crippen molar-refractivity contribution in [2.24, 2.45) is 11.8 Å². The van der Waals surface area contributed by atoms with Gasteiger partial charge in [0.15, 0.2) is 0 Å². The highest BCUT2D eigenvalue weighted by Crippen LogP contribution is 2.24. The van der Waals surface area contributed by atoms with E-state index in [4.69, 9.17) is 0 Å². The number of nitro groups is 1. The normalized spacial score (nSPS) is 11.5. The zero-order valence-corrected chi connectivity index (χ0v) is 12.7. The van der Waals surface area contributed by atoms with Gasteiger partial charge in [0, 0.05) is 29.9 Å². The molecule has 1 aromatic carbocycles. The molecule has 0 aromatic heterocycles. The van der Waals surface area contributed by atoms with Crippen LogP contribution in [0.2, 0.25) is 0 Å². The summed E-state index contributed by atoms with van der Waals surface area (Å²) in [5.41, 5.74) is 1.95. The van der Waals surface area contributed by atoms with Crippen molar-refractivity contribution in [1.29, 1.82) is 0 Å². The molecule has 0 bridgehead atoms. The zero-order chi connectivity index (χ0) is 15.1. The van der Waals surface area contributed by atoms with Crippen LogP contribution in [-0.4, -0.2) is 11.5 Å². The zero-order valence-electron chi connectivity index (χ0n) is 12.7. The largest absolute Gasteiger partial charge is 0.384 e. The van der Waals surface area contributed by atoms with Gasteiger partial charge in [-0.1, -0.05) is 39.8 Å². The molecule has 1 N–H and O–H groups in total. The Morgan fingerprint density at radius 1 is 1.25 bits per heavy atom. The molecule has 0 heterocycles. The van der Waals surface area contributed by atoms with E-state index in [-0.39, 0.29) is 10.6 Å². The molecule has 1 rings (SSSR count). The third-order valence-electron chi connectivity index (χ3n) is 2.85. The van der Waals surface area contributed by atoms with E-state index >= 15 is 0 Å². The molecule has 0 spiro atoms. The van der Waals surface area contributed by atoms with Gasteiger partial charge in [0.05, 0.1) is 4.92 Å². The predicted molar refractivity (Wildman–Crippen MR) is 84.9 cm³/mol. The number of nitrogens with one attached hydrogen (secondary N) is 1. The van der Waals surface area contributed by atoms with Crippen LogP contribution in [0.15, 0.2) is 24.3 Å². The molecule has 20 heavy (non-hydrogen) atoms. The number of rotatable bonds is 7. The lowest BCUT2D eigenvalue weighted by Gasteiger charge is -2.12. The third kappa shape index (κ3) is 5.43. The Hall–Kier alpha value is -1.84. The number of anilines is 1. The van der Waals surface area contributed by atoms with Gasteiger partial charge in [0.1, 0.15) is 0 Å². The highest BCUT2D eigenvalue weighted by atomic mass is 16.6. The van der Waals surface area contributed by atoms with Crippen LogP contribution in [-0.2, 0) is 0 Å². The van der Waals surface area contributed by atoms with E-state index in [0.717, 1.165) is 24.2 Å². The number of benzene rings is 1. The summed E-state index contributed by atoms with van der Waals surface area (Å²) >= 11 is 0. The van der Waals surface area contributed by atoms with Gasteiger partial charge in [0.2, 0.25) is 0 Å². The number of hydrogen-bond acceptors (Lipinski definition) is 3. The Labute approximate surface area is 121 Å². The highest BCUT2D eigenvalue weighted by molar-refractivity contribution is 5.69. The van der Waals surface area contributed by atoms with Crippen LogP contribution < -0.4 is 5.32 Å². The standard InChI is InChI=1S/C16H24N2O2/c1-12(2)6-5-7-14-10-15(18(19)20)8-9-16(14)17-11-13(3)4/h5,7-10,12-13,17H,6,11H2,1-4H3/b7-5+. The van der Waals surface area contributed by atoms with Crippen molar-refractivity contribution in [3.63, 3.8) is 0 Å². The quantitative estimate of drug-likeness (QED) is 0.579. The molecule has 0 aliphatic rings. The molecule has 0 radical (unpaired) electrons. The van der Waals surface area contributed by atoms with Gasteiger partial charge in [-0.05, 0) is 24.3 Å². The smallest absolute Gasteiger partial charge is 0.270 e. The Kier molecular flexibility index (Phi) is 6.22. The van der Waals surface area contributed by atoms with Crippen LogP contribution in [0.1, 0.15) is 39.7 Å². The van der Waals surface area contributed by atoms with Crippen molar-refractivity contribution in [2.45, 2.75) is 34.1 Å². The van der Waals surface area contributed by atoms with Gasteiger partial charge in [-0.2, -0.15) is 0 Å². The molecule has 0 aliphatic carbocycles. The maximum Gasteiger partial charge on any atom is 0.270 e. The Morgan fingerprint density at radius 3 is 2.50 bits per heavy atom. The molecule has 0 saturated heterocycles. The fourth-order valence-corrected chi connectivity index (χ4v) is 1.74. The predicted octanol–water partition coefficient (Wildman–Crippen LogP) is 4.72. The lowest BCUT2D eigenvalue weighted by Crippen LogP contribution is -2.09. The van der Waals surface area contributed by atoms with Crippen LogP contribution >= 0.6 is 0 Å². The third-order valence-corrected chi connectivity index (χ3v) is 2.85. The molecule has 0 aliphatic heterocycles. The number of non-ortho nitro benzene ring substituents is 1. The first-order chi connectivity index (χ1) is 9.40. The van der Waals surface area contributed by atoms with Gasteiger partial charge in [0.25, 0.3) is 5.69 Å². The van der Waals surface area contributed by atoms with Crippen molar-refractivity contribution in [3.8, 4) is 0 Å². The fraction of sp³-hybridized carbons (Fsp3) is 0.500. The SMILES string of the molecule is CC(C)C/C=C/c1cc([N+](=O)[O-])ccc1NCC(C)C. The van der Waals surface area contributed by atoms with Gasteiger partial charge in [-0.3, -0.25) is 10.1 Å². The summed E-state index contributed by atoms with van der Waals surface area (Å²) in [6, 6.07) is 4.96.